The molecule has 1 atom stereocenters. The van der Waals surface area contributed by atoms with E-state index in [9.17, 15) is 5.26 Å². The summed E-state index contributed by atoms with van der Waals surface area (Å²) in [5.74, 6) is 0.749. The van der Waals surface area contributed by atoms with E-state index in [0.29, 0.717) is 12.2 Å². The van der Waals surface area contributed by atoms with Gasteiger partial charge in [0.15, 0.2) is 0 Å². The predicted molar refractivity (Wildman–Crippen MR) is 105 cm³/mol. The van der Waals surface area contributed by atoms with Crippen LogP contribution in [0.4, 0.5) is 0 Å². The van der Waals surface area contributed by atoms with Crippen LogP contribution in [-0.4, -0.2) is 9.55 Å². The first-order chi connectivity index (χ1) is 12.7. The number of nitriles is 1. The molecule has 0 saturated carbocycles. The number of ether oxygens (including phenoxy) is 1. The highest BCUT2D eigenvalue weighted by molar-refractivity contribution is 9.10. The standard InChI is InChI=1S/C21H20BrN3O/c1-2-3-20(25-11-10-24-15-25)19-9-6-17(13-23)12-21(19)26-14-16-4-7-18(22)8-5-16/h4-12,15,20H,2-3,14H2,1H3. The normalized spacial score (nSPS) is 11.7. The number of nitrogens with zero attached hydrogens (tertiary/aromatic N) is 3. The second kappa shape index (κ2) is 8.68. The van der Waals surface area contributed by atoms with Crippen molar-refractivity contribution in [2.75, 3.05) is 0 Å². The molecule has 3 rings (SSSR count). The monoisotopic (exact) mass is 409 g/mol. The number of hydrogen-bond acceptors (Lipinski definition) is 3. The van der Waals surface area contributed by atoms with E-state index < -0.39 is 0 Å². The molecule has 1 heterocycles. The Morgan fingerprint density at radius 3 is 2.69 bits per heavy atom. The SMILES string of the molecule is CCCC(c1ccc(C#N)cc1OCc1ccc(Br)cc1)n1ccnc1. The van der Waals surface area contributed by atoms with Crippen molar-refractivity contribution in [2.24, 2.45) is 0 Å². The van der Waals surface area contributed by atoms with Crippen molar-refractivity contribution in [1.29, 1.82) is 5.26 Å². The molecule has 26 heavy (non-hydrogen) atoms. The Morgan fingerprint density at radius 1 is 1.23 bits per heavy atom. The zero-order valence-electron chi connectivity index (χ0n) is 14.6. The minimum absolute atomic E-state index is 0.134. The van der Waals surface area contributed by atoms with Gasteiger partial charge < -0.3 is 9.30 Å². The van der Waals surface area contributed by atoms with Crippen LogP contribution in [0, 0.1) is 11.3 Å². The van der Waals surface area contributed by atoms with Gasteiger partial charge in [0.1, 0.15) is 12.4 Å². The fourth-order valence-electron chi connectivity index (χ4n) is 2.94. The van der Waals surface area contributed by atoms with Crippen LogP contribution in [0.3, 0.4) is 0 Å². The van der Waals surface area contributed by atoms with Gasteiger partial charge in [-0.3, -0.25) is 0 Å². The Morgan fingerprint density at radius 2 is 2.04 bits per heavy atom. The van der Waals surface area contributed by atoms with Crippen molar-refractivity contribution in [3.05, 3.63) is 82.3 Å². The van der Waals surface area contributed by atoms with Gasteiger partial charge in [-0.05, 0) is 36.2 Å². The maximum absolute atomic E-state index is 9.27. The summed E-state index contributed by atoms with van der Waals surface area (Å²) in [4.78, 5) is 4.18. The molecule has 3 aromatic rings. The molecule has 0 bridgehead atoms. The topological polar surface area (TPSA) is 50.8 Å². The van der Waals surface area contributed by atoms with E-state index in [1.165, 1.54) is 0 Å². The highest BCUT2D eigenvalue weighted by atomic mass is 79.9. The van der Waals surface area contributed by atoms with E-state index in [-0.39, 0.29) is 6.04 Å². The molecule has 1 aromatic heterocycles. The highest BCUT2D eigenvalue weighted by Crippen LogP contribution is 2.32. The van der Waals surface area contributed by atoms with Crippen LogP contribution in [-0.2, 0) is 6.61 Å². The molecule has 0 spiro atoms. The van der Waals surface area contributed by atoms with Crippen molar-refractivity contribution in [1.82, 2.24) is 9.55 Å². The Hall–Kier alpha value is -2.58. The quantitative estimate of drug-likeness (QED) is 0.518. The fraction of sp³-hybridized carbons (Fsp3) is 0.238. The molecule has 0 saturated heterocycles. The second-order valence-corrected chi connectivity index (χ2v) is 7.01. The van der Waals surface area contributed by atoms with E-state index >= 15 is 0 Å². The van der Waals surface area contributed by atoms with Crippen molar-refractivity contribution >= 4 is 15.9 Å². The number of aromatic nitrogens is 2. The van der Waals surface area contributed by atoms with Gasteiger partial charge in [0.05, 0.1) is 24.0 Å². The van der Waals surface area contributed by atoms with Crippen LogP contribution >= 0.6 is 15.9 Å². The van der Waals surface area contributed by atoms with Crippen molar-refractivity contribution in [2.45, 2.75) is 32.4 Å². The summed E-state index contributed by atoms with van der Waals surface area (Å²) >= 11 is 3.44. The molecule has 2 aromatic carbocycles. The van der Waals surface area contributed by atoms with Gasteiger partial charge in [0, 0.05) is 22.4 Å². The van der Waals surface area contributed by atoms with Crippen molar-refractivity contribution < 1.29 is 4.74 Å². The number of hydrogen-bond donors (Lipinski definition) is 0. The summed E-state index contributed by atoms with van der Waals surface area (Å²) in [5.41, 5.74) is 2.75. The molecule has 0 aliphatic rings. The first-order valence-electron chi connectivity index (χ1n) is 8.60. The summed E-state index contributed by atoms with van der Waals surface area (Å²) in [5, 5.41) is 9.27. The van der Waals surface area contributed by atoms with Gasteiger partial charge >= 0.3 is 0 Å². The summed E-state index contributed by atoms with van der Waals surface area (Å²) < 4.78 is 9.26. The van der Waals surface area contributed by atoms with Crippen molar-refractivity contribution in [3.63, 3.8) is 0 Å². The van der Waals surface area contributed by atoms with E-state index in [1.54, 1.807) is 6.20 Å². The van der Waals surface area contributed by atoms with Crippen LogP contribution in [0.15, 0.2) is 65.7 Å². The van der Waals surface area contributed by atoms with Crippen LogP contribution < -0.4 is 4.74 Å². The zero-order chi connectivity index (χ0) is 18.4. The minimum Gasteiger partial charge on any atom is -0.488 e. The summed E-state index contributed by atoms with van der Waals surface area (Å²) in [7, 11) is 0. The molecular formula is C21H20BrN3O. The van der Waals surface area contributed by atoms with Gasteiger partial charge in [0.2, 0.25) is 0 Å². The summed E-state index contributed by atoms with van der Waals surface area (Å²) in [6.07, 6.45) is 7.59. The maximum atomic E-state index is 9.27. The molecule has 0 amide bonds. The fourth-order valence-corrected chi connectivity index (χ4v) is 3.20. The third-order valence-electron chi connectivity index (χ3n) is 4.26. The smallest absolute Gasteiger partial charge is 0.126 e. The number of imidazole rings is 1. The van der Waals surface area contributed by atoms with E-state index in [1.807, 2.05) is 55.0 Å². The van der Waals surface area contributed by atoms with Crippen LogP contribution in [0.2, 0.25) is 0 Å². The molecule has 0 fully saturated rings. The molecule has 0 N–H and O–H groups in total. The van der Waals surface area contributed by atoms with Gasteiger partial charge in [-0.1, -0.05) is 47.5 Å². The largest absolute Gasteiger partial charge is 0.488 e. The molecular weight excluding hydrogens is 390 g/mol. The number of rotatable bonds is 7. The average Bonchev–Trinajstić information content (AvgIpc) is 3.20. The second-order valence-electron chi connectivity index (χ2n) is 6.09. The molecule has 0 aliphatic carbocycles. The number of benzene rings is 2. The maximum Gasteiger partial charge on any atom is 0.126 e. The van der Waals surface area contributed by atoms with E-state index in [2.05, 4.69) is 38.5 Å². The average molecular weight is 410 g/mol. The predicted octanol–water partition coefficient (Wildman–Crippen LogP) is 5.49. The first kappa shape index (κ1) is 18.2. The van der Waals surface area contributed by atoms with Crippen LogP contribution in [0.1, 0.15) is 42.5 Å². The third-order valence-corrected chi connectivity index (χ3v) is 4.78. The van der Waals surface area contributed by atoms with E-state index in [0.717, 1.165) is 34.2 Å². The van der Waals surface area contributed by atoms with E-state index in [4.69, 9.17) is 4.74 Å². The molecule has 1 unspecified atom stereocenters. The Bertz CT molecular complexity index is 883. The minimum atomic E-state index is 0.134. The lowest BCUT2D eigenvalue weighted by atomic mass is 9.99. The Kier molecular flexibility index (Phi) is 6.08. The molecule has 5 heteroatoms. The lowest BCUT2D eigenvalue weighted by molar-refractivity contribution is 0.298. The molecule has 0 aliphatic heterocycles. The Labute approximate surface area is 162 Å². The molecule has 0 radical (unpaired) electrons. The molecule has 132 valence electrons. The Balaban J connectivity index is 1.91. The van der Waals surface area contributed by atoms with Gasteiger partial charge in [0.25, 0.3) is 0 Å². The lowest BCUT2D eigenvalue weighted by Crippen LogP contribution is -2.11. The van der Waals surface area contributed by atoms with Crippen LogP contribution in [0.5, 0.6) is 5.75 Å². The first-order valence-corrected chi connectivity index (χ1v) is 9.39. The van der Waals surface area contributed by atoms with Gasteiger partial charge in [-0.25, -0.2) is 4.98 Å². The van der Waals surface area contributed by atoms with Crippen molar-refractivity contribution in [3.8, 4) is 11.8 Å². The van der Waals surface area contributed by atoms with Crippen LogP contribution in [0.25, 0.3) is 0 Å². The lowest BCUT2D eigenvalue weighted by Gasteiger charge is -2.22. The number of halogens is 1. The zero-order valence-corrected chi connectivity index (χ0v) is 16.2. The summed E-state index contributed by atoms with van der Waals surface area (Å²) in [6, 6.07) is 16.1. The highest BCUT2D eigenvalue weighted by Gasteiger charge is 2.18. The molecule has 4 nitrogen and oxygen atoms in total. The summed E-state index contributed by atoms with van der Waals surface area (Å²) in [6.45, 7) is 2.62. The van der Waals surface area contributed by atoms with Gasteiger partial charge in [-0.15, -0.1) is 0 Å². The third kappa shape index (κ3) is 4.33. The van der Waals surface area contributed by atoms with Gasteiger partial charge in [-0.2, -0.15) is 5.26 Å².